The summed E-state index contributed by atoms with van der Waals surface area (Å²) < 4.78 is 22.4. The average Bonchev–Trinajstić information content (AvgIpc) is 3.36. The molecule has 14 nitrogen and oxygen atoms in total. The molecule has 0 rings (SSSR count). The number of rotatable bonds is 48. The van der Waals surface area contributed by atoms with Crippen LogP contribution < -0.4 is 11.0 Å². The van der Waals surface area contributed by atoms with Crippen molar-refractivity contribution in [1.82, 2.24) is 0 Å². The van der Waals surface area contributed by atoms with E-state index in [0.717, 1.165) is 132 Å². The van der Waals surface area contributed by atoms with Gasteiger partial charge in [-0.05, 0) is 160 Å². The van der Waals surface area contributed by atoms with E-state index in [1.165, 1.54) is 11.5 Å². The second kappa shape index (κ2) is 47.2. The Morgan fingerprint density at radius 3 is 0.732 bits per heavy atom. The van der Waals surface area contributed by atoms with E-state index in [9.17, 15) is 38.1 Å². The van der Waals surface area contributed by atoms with Crippen LogP contribution in [0.2, 0.25) is 0 Å². The first-order chi connectivity index (χ1) is 37.4. The number of aliphatic carboxylic acids is 2. The van der Waals surface area contributed by atoms with Crippen LogP contribution in [0.15, 0.2) is 0 Å². The average molecular weight is 1360 g/mol. The molecule has 0 aromatic rings. The van der Waals surface area contributed by atoms with E-state index < -0.39 is 37.8 Å². The van der Waals surface area contributed by atoms with E-state index in [-0.39, 0.29) is 58.0 Å². The zero-order valence-corrected chi connectivity index (χ0v) is 62.1. The van der Waals surface area contributed by atoms with Gasteiger partial charge in [0.25, 0.3) is 15.0 Å². The summed E-state index contributed by atoms with van der Waals surface area (Å²) in [5, 5.41) is 36.2. The Kier molecular flexibility index (Phi) is 51.7. The van der Waals surface area contributed by atoms with E-state index in [0.29, 0.717) is 25.7 Å². The van der Waals surface area contributed by atoms with Crippen LogP contribution in [0.4, 0.5) is 0 Å². The summed E-state index contributed by atoms with van der Waals surface area (Å²) in [6, 6.07) is 0. The standard InChI is InChI=1S/C16H38N2O4P2S2.C14H26O4S2.C14H30O2S2.C14H26O2S2/c1-15(2,5-9-23(17,19)20)7-11-25-13-14-26-12-8-16(3,4)6-10-24(18,21)22;1-13(2,11(15)16)5-7-19-9-10-20-8-6-14(3,4)12(17)18;2*1-13(2,11-15)5-7-17-9-10-18-8-6-14(3,4)12-16/h5-14H2,1-4H3,(H3,17,19,20)(H3,18,21,22);5-10H2,1-4H3,(H,15,16)(H,17,18);15-16H,5-12H2,1-4H3;11-12H,5-10H2,1-4H3. The summed E-state index contributed by atoms with van der Waals surface area (Å²) in [7, 11) is -6.79. The summed E-state index contributed by atoms with van der Waals surface area (Å²) in [4.78, 5) is 61.6. The molecule has 10 N–H and O–H groups in total. The van der Waals surface area contributed by atoms with Crippen LogP contribution in [-0.2, 0) is 28.3 Å². The van der Waals surface area contributed by atoms with Crippen molar-refractivity contribution in [3.63, 3.8) is 0 Å². The summed E-state index contributed by atoms with van der Waals surface area (Å²) >= 11 is 15.1. The number of thioether (sulfide) groups is 8. The van der Waals surface area contributed by atoms with Gasteiger partial charge in [0.1, 0.15) is 12.6 Å². The van der Waals surface area contributed by atoms with Gasteiger partial charge in [-0.15, -0.1) is 0 Å². The van der Waals surface area contributed by atoms with Crippen molar-refractivity contribution in [2.24, 2.45) is 54.3 Å². The first kappa shape index (κ1) is 89.7. The molecule has 0 amide bonds. The third-order valence-corrected chi connectivity index (χ3v) is 24.2. The monoisotopic (exact) mass is 1350 g/mol. The predicted molar refractivity (Wildman–Crippen MR) is 374 cm³/mol. The predicted octanol–water partition coefficient (Wildman–Crippen LogP) is 14.8. The number of hydrogen-bond donors (Lipinski definition) is 8. The molecule has 24 heteroatoms. The van der Waals surface area contributed by atoms with Crippen molar-refractivity contribution in [1.29, 1.82) is 0 Å². The van der Waals surface area contributed by atoms with Crippen LogP contribution in [-0.4, -0.2) is 172 Å². The Morgan fingerprint density at radius 1 is 0.354 bits per heavy atom. The Morgan fingerprint density at radius 2 is 0.549 bits per heavy atom. The lowest BCUT2D eigenvalue weighted by molar-refractivity contribution is -0.147. The maximum Gasteiger partial charge on any atom is 0.309 e. The van der Waals surface area contributed by atoms with Gasteiger partial charge >= 0.3 is 11.9 Å². The van der Waals surface area contributed by atoms with Crippen LogP contribution in [0.1, 0.15) is 175 Å². The van der Waals surface area contributed by atoms with Gasteiger partial charge in [-0.25, -0.2) is 0 Å². The number of carboxylic acid groups (broad SMARTS) is 2. The second-order valence-corrected chi connectivity index (χ2v) is 40.6. The molecular weight excluding hydrogens is 1240 g/mol. The van der Waals surface area contributed by atoms with Crippen molar-refractivity contribution in [2.45, 2.75) is 175 Å². The fraction of sp³-hybridized carbons (Fsp3) is 0.931. The summed E-state index contributed by atoms with van der Waals surface area (Å²) in [5.74, 6) is 15.4. The SMILES string of the molecule is CC(C)(C=O)CCSCCSCCC(C)(C)C=O.CC(C)(CCSCCSCCC(C)(C)C(=O)O)C(=O)O.CC(C)(CCSCCSCCC(C)(C)CCP(N)(=O)O)CCP(N)(=O)O.CC(C)(CO)CCSCCSCCC(C)(C)CO. The van der Waals surface area contributed by atoms with Crippen LogP contribution in [0.5, 0.6) is 0 Å². The summed E-state index contributed by atoms with van der Waals surface area (Å²) in [5.41, 5.74) is 9.00. The molecule has 0 heterocycles. The molecule has 0 aliphatic carbocycles. The molecule has 0 fully saturated rings. The highest BCUT2D eigenvalue weighted by atomic mass is 32.2. The molecule has 0 aliphatic rings. The Labute approximate surface area is 534 Å². The Balaban J connectivity index is -0.000000501. The van der Waals surface area contributed by atoms with Gasteiger partial charge < -0.3 is 39.8 Å². The van der Waals surface area contributed by atoms with Gasteiger partial charge in [0, 0.05) is 82.4 Å². The van der Waals surface area contributed by atoms with Crippen LogP contribution in [0, 0.1) is 43.3 Å². The highest BCUT2D eigenvalue weighted by Crippen LogP contribution is 2.39. The van der Waals surface area contributed by atoms with E-state index in [4.69, 9.17) is 31.4 Å². The molecular formula is C58H120N2O12P2S8. The maximum atomic E-state index is 11.2. The van der Waals surface area contributed by atoms with Gasteiger partial charge in [-0.2, -0.15) is 94.1 Å². The largest absolute Gasteiger partial charge is 0.481 e. The molecule has 0 saturated heterocycles. The minimum absolute atomic E-state index is 0.0388. The molecule has 0 bridgehead atoms. The van der Waals surface area contributed by atoms with Gasteiger partial charge in [0.2, 0.25) is 0 Å². The number of hydrogen-bond acceptors (Lipinski definition) is 16. The quantitative estimate of drug-likeness (QED) is 0.0160. The lowest BCUT2D eigenvalue weighted by Gasteiger charge is -2.25. The molecule has 0 aliphatic heterocycles. The first-order valence-electron chi connectivity index (χ1n) is 28.8. The number of carboxylic acids is 2. The number of aliphatic hydroxyl groups is 2. The molecule has 0 radical (unpaired) electrons. The normalized spacial score (nSPS) is 14.2. The van der Waals surface area contributed by atoms with Crippen molar-refractivity contribution in [2.75, 3.05) is 118 Å². The van der Waals surface area contributed by atoms with Gasteiger partial charge in [-0.3, -0.25) is 29.7 Å². The topological polar surface area (TPSA) is 276 Å². The number of aliphatic hydroxyl groups excluding tert-OH is 2. The molecule has 0 saturated carbocycles. The lowest BCUT2D eigenvalue weighted by Crippen LogP contribution is -2.24. The fourth-order valence-electron chi connectivity index (χ4n) is 5.67. The minimum atomic E-state index is -3.39. The summed E-state index contributed by atoms with van der Waals surface area (Å²) in [6.07, 6.45) is 11.2. The number of carbonyl (C=O) groups is 4. The van der Waals surface area contributed by atoms with E-state index in [1.54, 1.807) is 51.2 Å². The molecule has 2 atom stereocenters. The van der Waals surface area contributed by atoms with Crippen molar-refractivity contribution in [3.8, 4) is 0 Å². The zero-order chi connectivity index (χ0) is 64.4. The summed E-state index contributed by atoms with van der Waals surface area (Å²) in [6.45, 7) is 32.4. The third-order valence-electron chi connectivity index (χ3n) is 13.6. The molecule has 2 unspecified atom stereocenters. The highest BCUT2D eigenvalue weighted by Gasteiger charge is 2.28. The Bertz CT molecular complexity index is 1640. The van der Waals surface area contributed by atoms with Crippen LogP contribution >= 0.6 is 109 Å². The third kappa shape index (κ3) is 62.9. The smallest absolute Gasteiger partial charge is 0.309 e. The van der Waals surface area contributed by atoms with Crippen LogP contribution in [0.3, 0.4) is 0 Å². The number of carbonyl (C=O) groups excluding carboxylic acids is 2. The first-order valence-corrected chi connectivity index (χ1v) is 41.9. The van der Waals surface area contributed by atoms with E-state index in [2.05, 4.69) is 55.4 Å². The second-order valence-electron chi connectivity index (χ2n) is 26.9. The van der Waals surface area contributed by atoms with E-state index in [1.807, 2.05) is 98.3 Å². The molecule has 0 aromatic heterocycles. The Hall–Kier alpha value is 1.30. The number of aldehydes is 2. The molecule has 0 aromatic carbocycles. The van der Waals surface area contributed by atoms with Crippen molar-refractivity contribution >= 4 is 134 Å². The minimum Gasteiger partial charge on any atom is -0.481 e. The van der Waals surface area contributed by atoms with Gasteiger partial charge in [0.15, 0.2) is 0 Å². The highest BCUT2D eigenvalue weighted by molar-refractivity contribution is 8.04. The van der Waals surface area contributed by atoms with Crippen molar-refractivity contribution < 1.29 is 58.5 Å². The van der Waals surface area contributed by atoms with Gasteiger partial charge in [0.05, 0.1) is 10.8 Å². The van der Waals surface area contributed by atoms with E-state index >= 15 is 0 Å². The lowest BCUT2D eigenvalue weighted by atomic mass is 9.87. The maximum absolute atomic E-state index is 11.2. The van der Waals surface area contributed by atoms with Crippen LogP contribution in [0.25, 0.3) is 0 Å². The van der Waals surface area contributed by atoms with Gasteiger partial charge in [-0.1, -0.05) is 83.1 Å². The number of nitrogens with two attached hydrogens (primary N) is 2. The zero-order valence-electron chi connectivity index (χ0n) is 53.8. The molecule has 0 spiro atoms. The fourth-order valence-corrected chi connectivity index (χ4v) is 18.4. The molecule has 82 heavy (non-hydrogen) atoms. The van der Waals surface area contributed by atoms with Crippen molar-refractivity contribution in [3.05, 3.63) is 0 Å². The molecule has 492 valence electrons.